The third kappa shape index (κ3) is 3.14. The fraction of sp³-hybridized carbons (Fsp3) is 0.700. The molecule has 2 unspecified atom stereocenters. The van der Waals surface area contributed by atoms with Gasteiger partial charge >= 0.3 is 0 Å². The van der Waals surface area contributed by atoms with Crippen molar-refractivity contribution in [3.8, 4) is 0 Å². The Hall–Kier alpha value is -1.62. The van der Waals surface area contributed by atoms with Gasteiger partial charge in [0, 0.05) is 44.8 Å². The lowest BCUT2D eigenvalue weighted by atomic mass is 9.95. The maximum absolute atomic E-state index is 13.3. The molecule has 1 aliphatic carbocycles. The number of aromatic amines is 1. The van der Waals surface area contributed by atoms with Gasteiger partial charge in [-0.25, -0.2) is 0 Å². The van der Waals surface area contributed by atoms with Crippen molar-refractivity contribution in [3.05, 3.63) is 22.5 Å². The van der Waals surface area contributed by atoms with Gasteiger partial charge < -0.3 is 9.88 Å². The van der Waals surface area contributed by atoms with Crippen molar-refractivity contribution in [2.45, 2.75) is 52.5 Å². The molecule has 3 saturated heterocycles. The van der Waals surface area contributed by atoms with E-state index >= 15 is 0 Å². The molecule has 1 aromatic rings. The van der Waals surface area contributed by atoms with E-state index in [1.165, 1.54) is 32.2 Å². The number of carbonyl (C=O) groups is 2. The third-order valence-corrected chi connectivity index (χ3v) is 6.31. The number of fused-ring (bicyclic) bond motifs is 4. The van der Waals surface area contributed by atoms with Gasteiger partial charge in [0.2, 0.25) is 0 Å². The highest BCUT2D eigenvalue weighted by molar-refractivity contribution is 6.02. The standard InChI is InChI=1S/C20H29N3O2/c1-12-18(13(2)21-19(12)14(3)24)20(25)23-10-16-6-7-17(11-23)22(9-16)8-15-4-5-15/h15-17,21H,4-11H2,1-3H3. The van der Waals surface area contributed by atoms with Crippen molar-refractivity contribution < 1.29 is 9.59 Å². The lowest BCUT2D eigenvalue weighted by molar-refractivity contribution is 0.0735. The van der Waals surface area contributed by atoms with Gasteiger partial charge in [-0.1, -0.05) is 0 Å². The Morgan fingerprint density at radius 3 is 2.48 bits per heavy atom. The number of nitrogens with one attached hydrogen (secondary N) is 1. The van der Waals surface area contributed by atoms with Crippen molar-refractivity contribution >= 4 is 11.7 Å². The quantitative estimate of drug-likeness (QED) is 0.855. The normalized spacial score (nSPS) is 26.8. The van der Waals surface area contributed by atoms with Crippen LogP contribution < -0.4 is 0 Å². The van der Waals surface area contributed by atoms with E-state index in [-0.39, 0.29) is 11.7 Å². The number of carbonyl (C=O) groups excluding carboxylic acids is 2. The molecule has 5 heteroatoms. The van der Waals surface area contributed by atoms with E-state index in [1.807, 2.05) is 13.8 Å². The van der Waals surface area contributed by atoms with E-state index in [0.717, 1.165) is 36.8 Å². The molecule has 0 aromatic carbocycles. The van der Waals surface area contributed by atoms with Crippen LogP contribution in [0.4, 0.5) is 0 Å². The number of piperidine rings is 1. The zero-order valence-corrected chi connectivity index (χ0v) is 15.6. The fourth-order valence-electron chi connectivity index (χ4n) is 4.78. The van der Waals surface area contributed by atoms with Crippen LogP contribution in [0.2, 0.25) is 0 Å². The van der Waals surface area contributed by atoms with Gasteiger partial charge in [0.05, 0.1) is 11.3 Å². The van der Waals surface area contributed by atoms with Crippen LogP contribution in [0.25, 0.3) is 0 Å². The summed E-state index contributed by atoms with van der Waals surface area (Å²) in [6, 6.07) is 0.509. The topological polar surface area (TPSA) is 56.4 Å². The number of aromatic nitrogens is 1. The van der Waals surface area contributed by atoms with Crippen molar-refractivity contribution in [3.63, 3.8) is 0 Å². The zero-order chi connectivity index (χ0) is 17.7. The van der Waals surface area contributed by atoms with Crippen LogP contribution in [0, 0.1) is 25.7 Å². The first-order valence-corrected chi connectivity index (χ1v) is 9.67. The van der Waals surface area contributed by atoms with Crippen LogP contribution in [-0.4, -0.2) is 58.7 Å². The summed E-state index contributed by atoms with van der Waals surface area (Å²) >= 11 is 0. The van der Waals surface area contributed by atoms with E-state index in [9.17, 15) is 9.59 Å². The summed E-state index contributed by atoms with van der Waals surface area (Å²) in [5, 5.41) is 0. The second-order valence-corrected chi connectivity index (χ2v) is 8.39. The monoisotopic (exact) mass is 343 g/mol. The molecule has 136 valence electrons. The van der Waals surface area contributed by atoms with Crippen LogP contribution in [0.5, 0.6) is 0 Å². The minimum Gasteiger partial charge on any atom is -0.355 e. The number of rotatable bonds is 4. The Labute approximate surface area is 149 Å². The molecule has 25 heavy (non-hydrogen) atoms. The second kappa shape index (κ2) is 6.27. The Kier molecular flexibility index (Phi) is 4.22. The summed E-state index contributed by atoms with van der Waals surface area (Å²) in [5.41, 5.74) is 2.91. The number of H-pyrrole nitrogens is 1. The van der Waals surface area contributed by atoms with Crippen LogP contribution in [0.15, 0.2) is 0 Å². The average Bonchev–Trinajstić information content (AvgIpc) is 3.36. The number of hydrogen-bond acceptors (Lipinski definition) is 3. The molecular formula is C20H29N3O2. The van der Waals surface area contributed by atoms with E-state index < -0.39 is 0 Å². The summed E-state index contributed by atoms with van der Waals surface area (Å²) in [5.74, 6) is 1.58. The fourth-order valence-corrected chi connectivity index (χ4v) is 4.78. The molecule has 5 nitrogen and oxygen atoms in total. The number of Topliss-reactive ketones (excluding diaryl/α,β-unsaturated/α-hetero) is 1. The molecule has 2 bridgehead atoms. The van der Waals surface area contributed by atoms with Gasteiger partial charge in [-0.3, -0.25) is 14.5 Å². The largest absolute Gasteiger partial charge is 0.355 e. The molecule has 1 aromatic heterocycles. The third-order valence-electron chi connectivity index (χ3n) is 6.31. The van der Waals surface area contributed by atoms with Crippen LogP contribution in [0.3, 0.4) is 0 Å². The highest BCUT2D eigenvalue weighted by Crippen LogP contribution is 2.35. The molecule has 1 amide bonds. The van der Waals surface area contributed by atoms with E-state index in [2.05, 4.69) is 14.8 Å². The smallest absolute Gasteiger partial charge is 0.256 e. The Bertz CT molecular complexity index is 704. The van der Waals surface area contributed by atoms with Gasteiger partial charge in [-0.15, -0.1) is 0 Å². The van der Waals surface area contributed by atoms with Gasteiger partial charge in [-0.05, 0) is 56.9 Å². The zero-order valence-electron chi connectivity index (χ0n) is 15.6. The lowest BCUT2D eigenvalue weighted by Crippen LogP contribution is -2.45. The highest BCUT2D eigenvalue weighted by Gasteiger charge is 2.39. The SMILES string of the molecule is CC(=O)c1[nH]c(C)c(C(=O)N2CC3CCC(C2)N(CC2CC2)C3)c1C. The average molecular weight is 343 g/mol. The molecule has 3 aliphatic heterocycles. The number of amides is 1. The summed E-state index contributed by atoms with van der Waals surface area (Å²) in [7, 11) is 0. The molecule has 1 N–H and O–H groups in total. The van der Waals surface area contributed by atoms with E-state index in [0.29, 0.717) is 23.2 Å². The molecule has 5 rings (SSSR count). The Morgan fingerprint density at radius 2 is 1.84 bits per heavy atom. The van der Waals surface area contributed by atoms with Crippen molar-refractivity contribution in [2.75, 3.05) is 26.2 Å². The summed E-state index contributed by atoms with van der Waals surface area (Å²) in [6.07, 6.45) is 5.21. The van der Waals surface area contributed by atoms with Gasteiger partial charge in [0.25, 0.3) is 5.91 Å². The van der Waals surface area contributed by atoms with E-state index in [1.54, 1.807) is 6.92 Å². The first-order chi connectivity index (χ1) is 11.9. The van der Waals surface area contributed by atoms with Gasteiger partial charge in [0.15, 0.2) is 5.78 Å². The maximum Gasteiger partial charge on any atom is 0.256 e. The van der Waals surface area contributed by atoms with Crippen molar-refractivity contribution in [1.29, 1.82) is 0 Å². The van der Waals surface area contributed by atoms with Crippen LogP contribution >= 0.6 is 0 Å². The first kappa shape index (κ1) is 16.8. The summed E-state index contributed by atoms with van der Waals surface area (Å²) < 4.78 is 0. The minimum absolute atomic E-state index is 0.00815. The summed E-state index contributed by atoms with van der Waals surface area (Å²) in [4.78, 5) is 32.9. The Morgan fingerprint density at radius 1 is 1.08 bits per heavy atom. The van der Waals surface area contributed by atoms with Crippen LogP contribution in [0.1, 0.15) is 64.7 Å². The highest BCUT2D eigenvalue weighted by atomic mass is 16.2. The molecule has 2 atom stereocenters. The molecule has 1 saturated carbocycles. The molecule has 0 radical (unpaired) electrons. The minimum atomic E-state index is -0.00815. The predicted octanol–water partition coefficient (Wildman–Crippen LogP) is 2.78. The number of ketones is 1. The van der Waals surface area contributed by atoms with E-state index in [4.69, 9.17) is 0 Å². The summed E-state index contributed by atoms with van der Waals surface area (Å²) in [6.45, 7) is 9.40. The molecule has 0 spiro atoms. The molecule has 4 aliphatic rings. The number of aryl methyl sites for hydroxylation is 1. The van der Waals surface area contributed by atoms with Crippen molar-refractivity contribution in [1.82, 2.24) is 14.8 Å². The van der Waals surface area contributed by atoms with Crippen LogP contribution in [-0.2, 0) is 0 Å². The van der Waals surface area contributed by atoms with Crippen molar-refractivity contribution in [2.24, 2.45) is 11.8 Å². The number of hydrogen-bond donors (Lipinski definition) is 1. The Balaban J connectivity index is 1.56. The first-order valence-electron chi connectivity index (χ1n) is 9.67. The predicted molar refractivity (Wildman–Crippen MR) is 97.0 cm³/mol. The molecular weight excluding hydrogens is 314 g/mol. The molecule has 4 heterocycles. The van der Waals surface area contributed by atoms with Gasteiger partial charge in [-0.2, -0.15) is 0 Å². The maximum atomic E-state index is 13.3. The molecule has 4 fully saturated rings. The van der Waals surface area contributed by atoms with Gasteiger partial charge in [0.1, 0.15) is 0 Å². The second-order valence-electron chi connectivity index (χ2n) is 8.39. The lowest BCUT2D eigenvalue weighted by Gasteiger charge is -2.36. The number of nitrogens with zero attached hydrogens (tertiary/aromatic N) is 2.